The Morgan fingerprint density at radius 2 is 1.86 bits per heavy atom. The lowest BCUT2D eigenvalue weighted by atomic mass is 10.1. The predicted molar refractivity (Wildman–Crippen MR) is 75.6 cm³/mol. The van der Waals surface area contributed by atoms with E-state index in [1.807, 2.05) is 0 Å². The fraction of sp³-hybridized carbons (Fsp3) is 0.0667. The molecule has 21 heavy (non-hydrogen) atoms. The zero-order valence-corrected chi connectivity index (χ0v) is 11.0. The highest BCUT2D eigenvalue weighted by atomic mass is 19.1. The minimum absolute atomic E-state index is 0.0284. The SMILES string of the molecule is NCc1ccccc1C(=O)Nc1ccc(F)cc1C(=O)O. The first-order valence-corrected chi connectivity index (χ1v) is 6.15. The van der Waals surface area contributed by atoms with E-state index in [0.717, 1.165) is 12.1 Å². The molecule has 0 radical (unpaired) electrons. The third-order valence-electron chi connectivity index (χ3n) is 2.94. The summed E-state index contributed by atoms with van der Waals surface area (Å²) >= 11 is 0. The number of hydrogen-bond donors (Lipinski definition) is 3. The van der Waals surface area contributed by atoms with Crippen molar-refractivity contribution >= 4 is 17.6 Å². The molecule has 0 saturated heterocycles. The molecule has 0 fully saturated rings. The van der Waals surface area contributed by atoms with Gasteiger partial charge in [0.05, 0.1) is 11.3 Å². The van der Waals surface area contributed by atoms with Crippen LogP contribution in [0.5, 0.6) is 0 Å². The van der Waals surface area contributed by atoms with Crippen LogP contribution in [0.2, 0.25) is 0 Å². The number of nitrogens with one attached hydrogen (secondary N) is 1. The molecule has 0 unspecified atom stereocenters. The van der Waals surface area contributed by atoms with Gasteiger partial charge in [-0.3, -0.25) is 4.79 Å². The van der Waals surface area contributed by atoms with E-state index in [4.69, 9.17) is 10.8 Å². The number of carbonyl (C=O) groups is 2. The van der Waals surface area contributed by atoms with Gasteiger partial charge in [0.1, 0.15) is 5.82 Å². The molecule has 0 heterocycles. The van der Waals surface area contributed by atoms with Crippen LogP contribution in [0.3, 0.4) is 0 Å². The van der Waals surface area contributed by atoms with Crippen LogP contribution in [0.1, 0.15) is 26.3 Å². The van der Waals surface area contributed by atoms with Crippen LogP contribution < -0.4 is 11.1 Å². The first kappa shape index (κ1) is 14.7. The van der Waals surface area contributed by atoms with Gasteiger partial charge in [-0.15, -0.1) is 0 Å². The van der Waals surface area contributed by atoms with Crippen LogP contribution in [-0.2, 0) is 6.54 Å². The second-order valence-corrected chi connectivity index (χ2v) is 4.31. The topological polar surface area (TPSA) is 92.4 Å². The Morgan fingerprint density at radius 1 is 1.14 bits per heavy atom. The quantitative estimate of drug-likeness (QED) is 0.804. The number of hydrogen-bond acceptors (Lipinski definition) is 3. The van der Waals surface area contributed by atoms with Crippen molar-refractivity contribution in [1.29, 1.82) is 0 Å². The lowest BCUT2D eigenvalue weighted by molar-refractivity contribution is 0.0697. The summed E-state index contributed by atoms with van der Waals surface area (Å²) in [6, 6.07) is 9.86. The van der Waals surface area contributed by atoms with Gasteiger partial charge >= 0.3 is 5.97 Å². The number of nitrogens with two attached hydrogens (primary N) is 1. The lowest BCUT2D eigenvalue weighted by Crippen LogP contribution is -2.17. The number of aromatic carboxylic acids is 1. The molecule has 0 aliphatic carbocycles. The Morgan fingerprint density at radius 3 is 2.52 bits per heavy atom. The van der Waals surface area contributed by atoms with Crippen LogP contribution in [0.4, 0.5) is 10.1 Å². The minimum atomic E-state index is -1.32. The Labute approximate surface area is 120 Å². The minimum Gasteiger partial charge on any atom is -0.478 e. The molecule has 0 atom stereocenters. The smallest absolute Gasteiger partial charge is 0.337 e. The van der Waals surface area contributed by atoms with Gasteiger partial charge in [-0.2, -0.15) is 0 Å². The molecule has 4 N–H and O–H groups in total. The number of carboxylic acid groups (broad SMARTS) is 1. The van der Waals surface area contributed by atoms with Crippen molar-refractivity contribution in [2.75, 3.05) is 5.32 Å². The van der Waals surface area contributed by atoms with Crippen molar-refractivity contribution < 1.29 is 19.1 Å². The number of benzene rings is 2. The largest absolute Gasteiger partial charge is 0.478 e. The summed E-state index contributed by atoms with van der Waals surface area (Å²) in [6.45, 7) is 0.179. The number of rotatable bonds is 4. The Kier molecular flexibility index (Phi) is 4.30. The number of carboxylic acids is 1. The Hall–Kier alpha value is -2.73. The molecule has 0 saturated carbocycles. The summed E-state index contributed by atoms with van der Waals surface area (Å²) in [6.07, 6.45) is 0. The van der Waals surface area contributed by atoms with Gasteiger partial charge in [-0.05, 0) is 29.8 Å². The van der Waals surface area contributed by atoms with Gasteiger partial charge in [-0.1, -0.05) is 18.2 Å². The molecule has 2 aromatic rings. The monoisotopic (exact) mass is 288 g/mol. The Bertz CT molecular complexity index is 701. The van der Waals surface area contributed by atoms with E-state index in [-0.39, 0.29) is 17.8 Å². The number of halogens is 1. The summed E-state index contributed by atoms with van der Waals surface area (Å²) in [7, 11) is 0. The van der Waals surface area contributed by atoms with E-state index >= 15 is 0 Å². The van der Waals surface area contributed by atoms with Crippen LogP contribution >= 0.6 is 0 Å². The number of anilines is 1. The van der Waals surface area contributed by atoms with Gasteiger partial charge in [0.25, 0.3) is 5.91 Å². The van der Waals surface area contributed by atoms with Crippen molar-refractivity contribution in [3.63, 3.8) is 0 Å². The third kappa shape index (κ3) is 3.24. The molecule has 5 nitrogen and oxygen atoms in total. The van der Waals surface area contributed by atoms with Crippen LogP contribution in [0, 0.1) is 5.82 Å². The molecule has 0 aliphatic rings. The molecule has 1 amide bonds. The van der Waals surface area contributed by atoms with Crippen LogP contribution in [0.15, 0.2) is 42.5 Å². The highest BCUT2D eigenvalue weighted by Crippen LogP contribution is 2.19. The molecule has 2 rings (SSSR count). The van der Waals surface area contributed by atoms with Crippen molar-refractivity contribution in [3.8, 4) is 0 Å². The van der Waals surface area contributed by atoms with E-state index in [1.54, 1.807) is 24.3 Å². The molecule has 2 aromatic carbocycles. The van der Waals surface area contributed by atoms with E-state index in [1.165, 1.54) is 6.07 Å². The second-order valence-electron chi connectivity index (χ2n) is 4.31. The first-order chi connectivity index (χ1) is 10.0. The maximum Gasteiger partial charge on any atom is 0.337 e. The average molecular weight is 288 g/mol. The van der Waals surface area contributed by atoms with E-state index in [0.29, 0.717) is 11.1 Å². The summed E-state index contributed by atoms with van der Waals surface area (Å²) < 4.78 is 13.1. The maximum absolute atomic E-state index is 13.1. The molecule has 0 bridgehead atoms. The van der Waals surface area contributed by atoms with Gasteiger partial charge in [0.15, 0.2) is 0 Å². The van der Waals surface area contributed by atoms with Crippen molar-refractivity contribution in [1.82, 2.24) is 0 Å². The molecule has 6 heteroatoms. The molecular formula is C15H13FN2O3. The van der Waals surface area contributed by atoms with Gasteiger partial charge in [0.2, 0.25) is 0 Å². The highest BCUT2D eigenvalue weighted by molar-refractivity contribution is 6.08. The number of carbonyl (C=O) groups excluding carboxylic acids is 1. The highest BCUT2D eigenvalue weighted by Gasteiger charge is 2.16. The predicted octanol–water partition coefficient (Wildman–Crippen LogP) is 2.23. The summed E-state index contributed by atoms with van der Waals surface area (Å²) in [5, 5.41) is 11.5. The molecule has 0 aromatic heterocycles. The fourth-order valence-corrected chi connectivity index (χ4v) is 1.91. The number of amides is 1. The zero-order valence-electron chi connectivity index (χ0n) is 11.0. The molecular weight excluding hydrogens is 275 g/mol. The lowest BCUT2D eigenvalue weighted by Gasteiger charge is -2.11. The normalized spacial score (nSPS) is 10.2. The average Bonchev–Trinajstić information content (AvgIpc) is 2.48. The van der Waals surface area contributed by atoms with Gasteiger partial charge in [0, 0.05) is 12.1 Å². The summed E-state index contributed by atoms with van der Waals surface area (Å²) in [5.41, 5.74) is 6.25. The second kappa shape index (κ2) is 6.15. The van der Waals surface area contributed by atoms with Gasteiger partial charge in [-0.25, -0.2) is 9.18 Å². The van der Waals surface area contributed by atoms with Crippen molar-refractivity contribution in [2.45, 2.75) is 6.54 Å². The van der Waals surface area contributed by atoms with Crippen molar-refractivity contribution in [2.24, 2.45) is 5.73 Å². The molecule has 0 spiro atoms. The zero-order chi connectivity index (χ0) is 15.4. The van der Waals surface area contributed by atoms with E-state index in [2.05, 4.69) is 5.32 Å². The summed E-state index contributed by atoms with van der Waals surface area (Å²) in [4.78, 5) is 23.3. The summed E-state index contributed by atoms with van der Waals surface area (Å²) in [5.74, 6) is -2.50. The van der Waals surface area contributed by atoms with Gasteiger partial charge < -0.3 is 16.2 Å². The molecule has 0 aliphatic heterocycles. The van der Waals surface area contributed by atoms with Crippen LogP contribution in [0.25, 0.3) is 0 Å². The Balaban J connectivity index is 2.34. The first-order valence-electron chi connectivity index (χ1n) is 6.15. The third-order valence-corrected chi connectivity index (χ3v) is 2.94. The van der Waals surface area contributed by atoms with E-state index < -0.39 is 17.7 Å². The van der Waals surface area contributed by atoms with Crippen LogP contribution in [-0.4, -0.2) is 17.0 Å². The van der Waals surface area contributed by atoms with E-state index in [9.17, 15) is 14.0 Å². The molecule has 108 valence electrons. The fourth-order valence-electron chi connectivity index (χ4n) is 1.91. The maximum atomic E-state index is 13.1. The standard InChI is InChI=1S/C15H13FN2O3/c16-10-5-6-13(12(7-10)15(20)21)18-14(19)11-4-2-1-3-9(11)8-17/h1-7H,8,17H2,(H,18,19)(H,20,21). The van der Waals surface area contributed by atoms with Crippen molar-refractivity contribution in [3.05, 3.63) is 65.0 Å².